The molecule has 0 radical (unpaired) electrons. The fourth-order valence-electron chi connectivity index (χ4n) is 4.81. The Hall–Kier alpha value is -3.79. The summed E-state index contributed by atoms with van der Waals surface area (Å²) in [7, 11) is 0. The van der Waals surface area contributed by atoms with E-state index >= 15 is 0 Å². The molecular formula is C29H32F6N4O6. The van der Waals surface area contributed by atoms with Gasteiger partial charge in [0.05, 0.1) is 24.0 Å². The zero-order chi connectivity index (χ0) is 33.2. The number of halogens is 6. The number of hydrogen-bond donors (Lipinski definition) is 2. The molecule has 1 amide bonds. The van der Waals surface area contributed by atoms with Crippen LogP contribution in [0.5, 0.6) is 0 Å². The summed E-state index contributed by atoms with van der Waals surface area (Å²) >= 11 is 0. The summed E-state index contributed by atoms with van der Waals surface area (Å²) in [4.78, 5) is 29.4. The minimum atomic E-state index is -5.15. The Kier molecular flexibility index (Phi) is 9.78. The van der Waals surface area contributed by atoms with Crippen molar-refractivity contribution < 1.29 is 54.9 Å². The van der Waals surface area contributed by atoms with Crippen LogP contribution in [0.15, 0.2) is 34.3 Å². The van der Waals surface area contributed by atoms with Gasteiger partial charge in [0.1, 0.15) is 11.3 Å². The summed E-state index contributed by atoms with van der Waals surface area (Å²) in [6.07, 6.45) is -8.65. The second-order valence-corrected chi connectivity index (χ2v) is 11.7. The third-order valence-electron chi connectivity index (χ3n) is 6.99. The van der Waals surface area contributed by atoms with Crippen LogP contribution >= 0.6 is 0 Å². The van der Waals surface area contributed by atoms with Crippen molar-refractivity contribution in [2.75, 3.05) is 11.9 Å². The van der Waals surface area contributed by atoms with Crippen molar-refractivity contribution in [3.05, 3.63) is 47.0 Å². The van der Waals surface area contributed by atoms with Gasteiger partial charge in [-0.2, -0.15) is 26.3 Å². The van der Waals surface area contributed by atoms with Crippen molar-refractivity contribution in [3.63, 3.8) is 0 Å². The van der Waals surface area contributed by atoms with Crippen LogP contribution in [-0.2, 0) is 21.3 Å². The van der Waals surface area contributed by atoms with E-state index in [-0.39, 0.29) is 19.3 Å². The number of alkyl halides is 6. The number of carbonyl (C=O) groups excluding carboxylic acids is 2. The van der Waals surface area contributed by atoms with Crippen LogP contribution in [-0.4, -0.2) is 56.7 Å². The second kappa shape index (κ2) is 12.9. The predicted molar refractivity (Wildman–Crippen MR) is 146 cm³/mol. The minimum absolute atomic E-state index is 0.235. The van der Waals surface area contributed by atoms with Gasteiger partial charge in [-0.05, 0) is 70.9 Å². The number of anilines is 1. The van der Waals surface area contributed by atoms with Crippen LogP contribution in [0.25, 0.3) is 11.6 Å². The lowest BCUT2D eigenvalue weighted by Crippen LogP contribution is -2.46. The average Bonchev–Trinajstić information content (AvgIpc) is 3.41. The topological polar surface area (TPSA) is 137 Å². The van der Waals surface area contributed by atoms with Crippen molar-refractivity contribution in [1.29, 1.82) is 0 Å². The first-order valence-electron chi connectivity index (χ1n) is 14.1. The minimum Gasteiger partial charge on any atom is -0.444 e. The number of nitrogens with zero attached hydrogens (tertiary/aromatic N) is 3. The summed E-state index contributed by atoms with van der Waals surface area (Å²) < 4.78 is 103. The number of allylic oxidation sites excluding steroid dienone is 2. The normalized spacial score (nSPS) is 21.6. The maximum atomic E-state index is 14.9. The number of aliphatic hydroxyl groups is 1. The summed E-state index contributed by atoms with van der Waals surface area (Å²) in [6.45, 7) is 3.99. The van der Waals surface area contributed by atoms with E-state index in [0.717, 1.165) is 0 Å². The van der Waals surface area contributed by atoms with Gasteiger partial charge in [0, 0.05) is 6.42 Å². The first kappa shape index (κ1) is 34.1. The number of aliphatic hydroxyl groups excluding tert-OH is 1. The Bertz CT molecular complexity index is 1480. The number of hydrogen-bond acceptors (Lipinski definition) is 9. The van der Waals surface area contributed by atoms with Gasteiger partial charge < -0.3 is 19.0 Å². The van der Waals surface area contributed by atoms with Crippen molar-refractivity contribution in [3.8, 4) is 11.6 Å². The number of carbonyl (C=O) groups is 2. The number of pyridine rings is 1. The molecule has 2 aromatic heterocycles. The molecule has 2 atom stereocenters. The number of ether oxygens (including phenoxy) is 2. The van der Waals surface area contributed by atoms with Crippen LogP contribution in [0.2, 0.25) is 0 Å². The van der Waals surface area contributed by atoms with E-state index in [1.807, 2.05) is 0 Å². The molecule has 246 valence electrons. The smallest absolute Gasteiger partial charge is 0.426 e. The molecule has 1 aliphatic carbocycles. The standard InChI is InChI=1S/C29H32F6N4O6/c1-26(2,3)45-25(42)36-19-14-18(28(30,31)32)21-20(41)12-11-17(40)10-7-13-27(29(33,34)35,43-15-16-8-5-4-6-9-16)24-39-38-23(44-24)22(19)37-21/h5,8-9,14,17,40H,4,6-7,10-13,15H2,1-3H3,(H,36,42). The lowest BCUT2D eigenvalue weighted by Gasteiger charge is -2.33. The Morgan fingerprint density at radius 1 is 1.11 bits per heavy atom. The first-order chi connectivity index (χ1) is 20.9. The van der Waals surface area contributed by atoms with Crippen molar-refractivity contribution in [2.24, 2.45) is 0 Å². The SMILES string of the molecule is CC(C)(C)OC(=O)Nc1cc(C(F)(F)F)c2nc1-c1nnc(o1)C(OCC1=CCCC=C1)(C(F)(F)F)CCCC(O)CCC2=O. The zero-order valence-electron chi connectivity index (χ0n) is 24.6. The maximum Gasteiger partial charge on any atom is 0.426 e. The van der Waals surface area contributed by atoms with E-state index in [1.165, 1.54) is 20.8 Å². The number of amides is 1. The summed E-state index contributed by atoms with van der Waals surface area (Å²) in [5.74, 6) is -3.00. The Morgan fingerprint density at radius 3 is 2.47 bits per heavy atom. The molecule has 0 aromatic carbocycles. The number of nitrogens with one attached hydrogen (secondary N) is 1. The van der Waals surface area contributed by atoms with Crippen molar-refractivity contribution in [1.82, 2.24) is 15.2 Å². The maximum absolute atomic E-state index is 14.9. The van der Waals surface area contributed by atoms with Gasteiger partial charge >= 0.3 is 18.4 Å². The molecule has 3 heterocycles. The molecule has 4 bridgehead atoms. The fraction of sp³-hybridized carbons (Fsp3) is 0.552. The zero-order valence-corrected chi connectivity index (χ0v) is 24.6. The summed E-state index contributed by atoms with van der Waals surface area (Å²) in [5, 5.41) is 19.7. The average molecular weight is 647 g/mol. The molecule has 0 spiro atoms. The molecule has 2 aromatic rings. The molecular weight excluding hydrogens is 614 g/mol. The lowest BCUT2D eigenvalue weighted by molar-refractivity contribution is -0.293. The molecule has 10 nitrogen and oxygen atoms in total. The van der Waals surface area contributed by atoms with Gasteiger partial charge in [0.2, 0.25) is 5.60 Å². The molecule has 1 aliphatic heterocycles. The van der Waals surface area contributed by atoms with Gasteiger partial charge in [-0.1, -0.05) is 18.2 Å². The third-order valence-corrected chi connectivity index (χ3v) is 6.99. The van der Waals surface area contributed by atoms with Gasteiger partial charge in [0.25, 0.3) is 11.8 Å². The van der Waals surface area contributed by atoms with Gasteiger partial charge in [-0.15, -0.1) is 10.2 Å². The molecule has 0 saturated heterocycles. The third kappa shape index (κ3) is 8.09. The van der Waals surface area contributed by atoms with Crippen LogP contribution < -0.4 is 5.32 Å². The van der Waals surface area contributed by atoms with E-state index in [1.54, 1.807) is 18.2 Å². The molecule has 4 rings (SSSR count). The molecule has 0 fully saturated rings. The van der Waals surface area contributed by atoms with E-state index in [4.69, 9.17) is 13.9 Å². The lowest BCUT2D eigenvalue weighted by atomic mass is 9.92. The second-order valence-electron chi connectivity index (χ2n) is 11.7. The highest BCUT2D eigenvalue weighted by Crippen LogP contribution is 2.47. The Morgan fingerprint density at radius 2 is 1.84 bits per heavy atom. The van der Waals surface area contributed by atoms with Gasteiger partial charge in [0.15, 0.2) is 11.5 Å². The molecule has 0 saturated carbocycles. The molecule has 2 aliphatic rings. The van der Waals surface area contributed by atoms with Crippen LogP contribution in [0.4, 0.5) is 36.8 Å². The summed E-state index contributed by atoms with van der Waals surface area (Å²) in [5.41, 5.74) is -7.86. The fourth-order valence-corrected chi connectivity index (χ4v) is 4.81. The number of fused-ring (bicyclic) bond motifs is 5. The number of aromatic nitrogens is 3. The molecule has 45 heavy (non-hydrogen) atoms. The number of rotatable bonds is 4. The van der Waals surface area contributed by atoms with E-state index in [2.05, 4.69) is 20.5 Å². The summed E-state index contributed by atoms with van der Waals surface area (Å²) in [6, 6.07) is 0.390. The van der Waals surface area contributed by atoms with E-state index < -0.39 is 95.4 Å². The van der Waals surface area contributed by atoms with Gasteiger partial charge in [-0.25, -0.2) is 9.78 Å². The van der Waals surface area contributed by atoms with Gasteiger partial charge in [-0.3, -0.25) is 10.1 Å². The van der Waals surface area contributed by atoms with E-state index in [9.17, 15) is 41.0 Å². The highest BCUT2D eigenvalue weighted by Gasteiger charge is 2.61. The van der Waals surface area contributed by atoms with Crippen molar-refractivity contribution in [2.45, 2.75) is 95.4 Å². The van der Waals surface area contributed by atoms with Crippen LogP contribution in [0, 0.1) is 0 Å². The quantitative estimate of drug-likeness (QED) is 0.335. The molecule has 2 N–H and O–H groups in total. The van der Waals surface area contributed by atoms with Crippen molar-refractivity contribution >= 4 is 17.6 Å². The first-order valence-corrected chi connectivity index (χ1v) is 14.1. The van der Waals surface area contributed by atoms with Crippen LogP contribution in [0.1, 0.15) is 87.7 Å². The molecule has 16 heteroatoms. The Labute approximate surface area is 253 Å². The Balaban J connectivity index is 1.91. The number of ketones is 1. The largest absolute Gasteiger partial charge is 0.444 e. The van der Waals surface area contributed by atoms with E-state index in [0.29, 0.717) is 24.5 Å². The highest BCUT2D eigenvalue weighted by molar-refractivity contribution is 5.98. The monoisotopic (exact) mass is 646 g/mol. The molecule has 2 unspecified atom stereocenters. The highest BCUT2D eigenvalue weighted by atomic mass is 19.4. The number of Topliss-reactive ketones (excluding diaryl/α,β-unsaturated/α-hetero) is 1. The van der Waals surface area contributed by atoms with Crippen LogP contribution in [0.3, 0.4) is 0 Å². The predicted octanol–water partition coefficient (Wildman–Crippen LogP) is 7.06.